The largest absolute Gasteiger partial charge is 0.493 e. The first kappa shape index (κ1) is 14.3. The van der Waals surface area contributed by atoms with Crippen molar-refractivity contribution < 1.29 is 19.4 Å². The van der Waals surface area contributed by atoms with Gasteiger partial charge in [0.1, 0.15) is 0 Å². The maximum atomic E-state index is 10.9. The highest BCUT2D eigenvalue weighted by Crippen LogP contribution is 2.30. The number of hydrogen-bond acceptors (Lipinski definition) is 4. The van der Waals surface area contributed by atoms with Crippen molar-refractivity contribution in [3.05, 3.63) is 23.8 Å². The monoisotopic (exact) mass is 253 g/mol. The zero-order valence-corrected chi connectivity index (χ0v) is 11.1. The van der Waals surface area contributed by atoms with Gasteiger partial charge in [-0.1, -0.05) is 6.07 Å². The molecule has 1 aromatic rings. The summed E-state index contributed by atoms with van der Waals surface area (Å²) in [5.74, 6) is 0.965. The van der Waals surface area contributed by atoms with E-state index < -0.39 is 6.10 Å². The van der Waals surface area contributed by atoms with Crippen LogP contribution >= 0.6 is 0 Å². The molecule has 0 fully saturated rings. The van der Waals surface area contributed by atoms with Crippen molar-refractivity contribution in [1.29, 1.82) is 0 Å². The number of methoxy groups -OCH3 is 2. The minimum atomic E-state index is -0.797. The molecule has 0 saturated heterocycles. The molecule has 5 nitrogen and oxygen atoms in total. The van der Waals surface area contributed by atoms with Crippen LogP contribution in [0.4, 0.5) is 0 Å². The molecule has 1 rings (SSSR count). The van der Waals surface area contributed by atoms with Gasteiger partial charge in [-0.2, -0.15) is 0 Å². The summed E-state index contributed by atoms with van der Waals surface area (Å²) in [5.41, 5.74) is 0.661. The average Bonchev–Trinajstić information content (AvgIpc) is 2.36. The van der Waals surface area contributed by atoms with Crippen LogP contribution in [0.15, 0.2) is 18.2 Å². The van der Waals surface area contributed by atoms with Crippen LogP contribution in [0.25, 0.3) is 0 Å². The number of nitrogens with one attached hydrogen (secondary N) is 1. The van der Waals surface area contributed by atoms with Crippen molar-refractivity contribution in [3.8, 4) is 11.5 Å². The van der Waals surface area contributed by atoms with Gasteiger partial charge in [-0.3, -0.25) is 4.79 Å². The lowest BCUT2D eigenvalue weighted by atomic mass is 10.0. The van der Waals surface area contributed by atoms with Crippen LogP contribution in [0.1, 0.15) is 25.5 Å². The second kappa shape index (κ2) is 6.26. The predicted molar refractivity (Wildman–Crippen MR) is 67.8 cm³/mol. The number of rotatable bonds is 5. The van der Waals surface area contributed by atoms with Gasteiger partial charge in [-0.05, 0) is 24.6 Å². The fourth-order valence-corrected chi connectivity index (χ4v) is 1.73. The summed E-state index contributed by atoms with van der Waals surface area (Å²) >= 11 is 0. The van der Waals surface area contributed by atoms with Crippen molar-refractivity contribution in [2.45, 2.75) is 26.0 Å². The lowest BCUT2D eigenvalue weighted by Crippen LogP contribution is -2.35. The van der Waals surface area contributed by atoms with Gasteiger partial charge >= 0.3 is 0 Å². The summed E-state index contributed by atoms with van der Waals surface area (Å²) in [6, 6.07) is 4.78. The van der Waals surface area contributed by atoms with E-state index in [1.807, 2.05) is 0 Å². The smallest absolute Gasteiger partial charge is 0.217 e. The van der Waals surface area contributed by atoms with Crippen molar-refractivity contribution in [3.63, 3.8) is 0 Å². The molecule has 18 heavy (non-hydrogen) atoms. The van der Waals surface area contributed by atoms with E-state index in [-0.39, 0.29) is 11.9 Å². The molecule has 100 valence electrons. The van der Waals surface area contributed by atoms with Crippen LogP contribution < -0.4 is 14.8 Å². The van der Waals surface area contributed by atoms with E-state index in [9.17, 15) is 9.90 Å². The highest BCUT2D eigenvalue weighted by Gasteiger charge is 2.18. The summed E-state index contributed by atoms with van der Waals surface area (Å²) in [5, 5.41) is 12.8. The molecular weight excluding hydrogens is 234 g/mol. The first-order valence-electron chi connectivity index (χ1n) is 5.66. The van der Waals surface area contributed by atoms with Gasteiger partial charge in [-0.15, -0.1) is 0 Å². The van der Waals surface area contributed by atoms with Gasteiger partial charge in [-0.25, -0.2) is 0 Å². The Morgan fingerprint density at radius 1 is 1.28 bits per heavy atom. The third-order valence-corrected chi connectivity index (χ3v) is 2.65. The normalized spacial score (nSPS) is 13.6. The molecular formula is C13H19NO4. The lowest BCUT2D eigenvalue weighted by Gasteiger charge is -2.20. The van der Waals surface area contributed by atoms with E-state index in [1.165, 1.54) is 14.0 Å². The Balaban J connectivity index is 2.92. The van der Waals surface area contributed by atoms with Gasteiger partial charge in [0.2, 0.25) is 5.91 Å². The number of aliphatic hydroxyl groups is 1. The molecule has 0 aliphatic carbocycles. The molecule has 0 bridgehead atoms. The molecule has 0 saturated carbocycles. The fourth-order valence-electron chi connectivity index (χ4n) is 1.73. The number of ether oxygens (including phenoxy) is 2. The summed E-state index contributed by atoms with van der Waals surface area (Å²) in [6.07, 6.45) is -0.797. The number of carbonyl (C=O) groups is 1. The maximum absolute atomic E-state index is 10.9. The molecule has 2 N–H and O–H groups in total. The number of benzene rings is 1. The van der Waals surface area contributed by atoms with Crippen molar-refractivity contribution in [2.24, 2.45) is 0 Å². The van der Waals surface area contributed by atoms with Crippen LogP contribution in [0, 0.1) is 0 Å². The highest BCUT2D eigenvalue weighted by molar-refractivity contribution is 5.73. The first-order valence-corrected chi connectivity index (χ1v) is 5.66. The average molecular weight is 253 g/mol. The molecule has 1 amide bonds. The van der Waals surface area contributed by atoms with Gasteiger partial charge in [0.25, 0.3) is 0 Å². The Morgan fingerprint density at radius 3 is 2.39 bits per heavy atom. The number of aliphatic hydroxyl groups excluding tert-OH is 1. The third kappa shape index (κ3) is 3.37. The molecule has 0 radical (unpaired) electrons. The lowest BCUT2D eigenvalue weighted by molar-refractivity contribution is -0.120. The SMILES string of the molecule is COc1ccc(C(O)C(C)NC(C)=O)cc1OC. The van der Waals surface area contributed by atoms with E-state index in [4.69, 9.17) is 9.47 Å². The molecule has 2 unspecified atom stereocenters. The quantitative estimate of drug-likeness (QED) is 0.829. The van der Waals surface area contributed by atoms with Gasteiger partial charge in [0, 0.05) is 6.92 Å². The predicted octanol–water partition coefficient (Wildman–Crippen LogP) is 1.26. The number of carbonyl (C=O) groups excluding carboxylic acids is 1. The molecule has 0 aromatic heterocycles. The van der Waals surface area contributed by atoms with Gasteiger partial charge in [0.05, 0.1) is 26.4 Å². The molecule has 0 spiro atoms. The van der Waals surface area contributed by atoms with Crippen LogP contribution in [-0.4, -0.2) is 31.3 Å². The zero-order chi connectivity index (χ0) is 13.7. The van der Waals surface area contributed by atoms with E-state index in [1.54, 1.807) is 32.2 Å². The van der Waals surface area contributed by atoms with Gasteiger partial charge in [0.15, 0.2) is 11.5 Å². The molecule has 0 aliphatic heterocycles. The molecule has 2 atom stereocenters. The van der Waals surface area contributed by atoms with Crippen LogP contribution in [0.3, 0.4) is 0 Å². The molecule has 0 aliphatic rings. The number of amides is 1. The van der Waals surface area contributed by atoms with Crippen molar-refractivity contribution in [2.75, 3.05) is 14.2 Å². The standard InChI is InChI=1S/C13H19NO4/c1-8(14-9(2)15)13(16)10-5-6-11(17-3)12(7-10)18-4/h5-8,13,16H,1-4H3,(H,14,15). The van der Waals surface area contributed by atoms with Crippen LogP contribution in [-0.2, 0) is 4.79 Å². The highest BCUT2D eigenvalue weighted by atomic mass is 16.5. The molecule has 5 heteroatoms. The van der Waals surface area contributed by atoms with E-state index in [0.717, 1.165) is 0 Å². The van der Waals surface area contributed by atoms with Crippen LogP contribution in [0.2, 0.25) is 0 Å². The minimum absolute atomic E-state index is 0.179. The molecule has 0 heterocycles. The second-order valence-corrected chi connectivity index (χ2v) is 4.05. The van der Waals surface area contributed by atoms with Gasteiger partial charge < -0.3 is 19.9 Å². The minimum Gasteiger partial charge on any atom is -0.493 e. The Morgan fingerprint density at radius 2 is 1.89 bits per heavy atom. The fraction of sp³-hybridized carbons (Fsp3) is 0.462. The van der Waals surface area contributed by atoms with E-state index in [0.29, 0.717) is 17.1 Å². The Hall–Kier alpha value is -1.75. The number of hydrogen-bond donors (Lipinski definition) is 2. The topological polar surface area (TPSA) is 67.8 Å². The van der Waals surface area contributed by atoms with Crippen molar-refractivity contribution >= 4 is 5.91 Å². The summed E-state index contributed by atoms with van der Waals surface area (Å²) in [7, 11) is 3.08. The van der Waals surface area contributed by atoms with E-state index in [2.05, 4.69) is 5.32 Å². The van der Waals surface area contributed by atoms with Crippen LogP contribution in [0.5, 0.6) is 11.5 Å². The summed E-state index contributed by atoms with van der Waals surface area (Å²) < 4.78 is 10.3. The third-order valence-electron chi connectivity index (χ3n) is 2.65. The Bertz CT molecular complexity index is 419. The van der Waals surface area contributed by atoms with Crippen molar-refractivity contribution in [1.82, 2.24) is 5.32 Å². The molecule has 1 aromatic carbocycles. The van der Waals surface area contributed by atoms with E-state index >= 15 is 0 Å². The summed E-state index contributed by atoms with van der Waals surface area (Å²) in [4.78, 5) is 10.9. The maximum Gasteiger partial charge on any atom is 0.217 e. The first-order chi connectivity index (χ1) is 8.49. The Labute approximate surface area is 107 Å². The Kier molecular flexibility index (Phi) is 4.97. The zero-order valence-electron chi connectivity index (χ0n) is 11.1. The second-order valence-electron chi connectivity index (χ2n) is 4.05. The summed E-state index contributed by atoms with van der Waals surface area (Å²) in [6.45, 7) is 3.15.